The lowest BCUT2D eigenvalue weighted by molar-refractivity contribution is 0.0688. The average molecular weight is 363 g/mol. The Morgan fingerprint density at radius 3 is 2.63 bits per heavy atom. The fourth-order valence-electron chi connectivity index (χ4n) is 3.56. The summed E-state index contributed by atoms with van der Waals surface area (Å²) in [5, 5.41) is 8.35. The highest BCUT2D eigenvalue weighted by Crippen LogP contribution is 2.23. The molecule has 0 atom stereocenters. The first kappa shape index (κ1) is 17.2. The first-order valence-electron chi connectivity index (χ1n) is 9.13. The minimum absolute atomic E-state index is 0.192. The highest BCUT2D eigenvalue weighted by atomic mass is 16.2. The molecule has 0 spiro atoms. The van der Waals surface area contributed by atoms with Crippen molar-refractivity contribution >= 4 is 5.91 Å². The normalized spacial score (nSPS) is 15.0. The van der Waals surface area contributed by atoms with Gasteiger partial charge in [0.05, 0.1) is 0 Å². The third-order valence-electron chi connectivity index (χ3n) is 5.07. The molecular weight excluding hydrogens is 342 g/mol. The zero-order valence-corrected chi connectivity index (χ0v) is 14.9. The van der Waals surface area contributed by atoms with Gasteiger partial charge in [0.15, 0.2) is 0 Å². The molecule has 0 bridgehead atoms. The number of aromatic amines is 1. The van der Waals surface area contributed by atoms with Gasteiger partial charge in [-0.2, -0.15) is 0 Å². The number of likely N-dealkylation sites (tertiary alicyclic amines) is 1. The first-order chi connectivity index (χ1) is 13.2. The number of pyridine rings is 1. The standard InChI is InChI=1S/C20H21N5O2/c26-19-17(7-4-10-21-19)20(27)24-11-8-15(9-12-24)13-18-23-22-14-25(18)16-5-2-1-3-6-16/h1-7,10,14-15H,8-9,11-13H2,(H,21,26). The number of hydrogen-bond acceptors (Lipinski definition) is 4. The quantitative estimate of drug-likeness (QED) is 0.769. The molecule has 3 aromatic rings. The number of H-pyrrole nitrogens is 1. The Morgan fingerprint density at radius 2 is 1.89 bits per heavy atom. The summed E-state index contributed by atoms with van der Waals surface area (Å²) in [5.41, 5.74) is 0.925. The van der Waals surface area contributed by atoms with Crippen LogP contribution in [0.15, 0.2) is 59.8 Å². The van der Waals surface area contributed by atoms with E-state index >= 15 is 0 Å². The van der Waals surface area contributed by atoms with Crippen molar-refractivity contribution in [3.05, 3.63) is 76.7 Å². The number of piperidine rings is 1. The molecule has 138 valence electrons. The van der Waals surface area contributed by atoms with Gasteiger partial charge in [-0.15, -0.1) is 10.2 Å². The second-order valence-corrected chi connectivity index (χ2v) is 6.81. The van der Waals surface area contributed by atoms with Crippen LogP contribution in [0.2, 0.25) is 0 Å². The van der Waals surface area contributed by atoms with Crippen LogP contribution < -0.4 is 5.56 Å². The summed E-state index contributed by atoms with van der Waals surface area (Å²) in [6.07, 6.45) is 5.87. The molecule has 0 radical (unpaired) electrons. The van der Waals surface area contributed by atoms with Gasteiger partial charge in [-0.3, -0.25) is 14.2 Å². The molecule has 1 aliphatic heterocycles. The van der Waals surface area contributed by atoms with Crippen LogP contribution in [-0.2, 0) is 6.42 Å². The van der Waals surface area contributed by atoms with E-state index in [1.165, 1.54) is 6.20 Å². The number of nitrogens with one attached hydrogen (secondary N) is 1. The molecule has 0 saturated carbocycles. The van der Waals surface area contributed by atoms with Crippen LogP contribution in [0.5, 0.6) is 0 Å². The van der Waals surface area contributed by atoms with E-state index in [1.807, 2.05) is 34.9 Å². The minimum Gasteiger partial charge on any atom is -0.338 e. The van der Waals surface area contributed by atoms with Gasteiger partial charge in [0.1, 0.15) is 17.7 Å². The highest BCUT2D eigenvalue weighted by Gasteiger charge is 2.26. The van der Waals surface area contributed by atoms with E-state index in [9.17, 15) is 9.59 Å². The van der Waals surface area contributed by atoms with Gasteiger partial charge < -0.3 is 9.88 Å². The minimum atomic E-state index is -0.333. The van der Waals surface area contributed by atoms with Crippen molar-refractivity contribution in [2.75, 3.05) is 13.1 Å². The molecule has 1 aromatic carbocycles. The smallest absolute Gasteiger partial charge is 0.260 e. The van der Waals surface area contributed by atoms with Crippen molar-refractivity contribution in [3.8, 4) is 5.69 Å². The van der Waals surface area contributed by atoms with Crippen molar-refractivity contribution in [1.82, 2.24) is 24.6 Å². The zero-order chi connectivity index (χ0) is 18.6. The van der Waals surface area contributed by atoms with Crippen molar-refractivity contribution in [1.29, 1.82) is 0 Å². The van der Waals surface area contributed by atoms with Gasteiger partial charge in [-0.05, 0) is 43.0 Å². The van der Waals surface area contributed by atoms with E-state index < -0.39 is 0 Å². The summed E-state index contributed by atoms with van der Waals surface area (Å²) >= 11 is 0. The largest absolute Gasteiger partial charge is 0.338 e. The summed E-state index contributed by atoms with van der Waals surface area (Å²) < 4.78 is 2.01. The first-order valence-corrected chi connectivity index (χ1v) is 9.13. The van der Waals surface area contributed by atoms with Crippen LogP contribution >= 0.6 is 0 Å². The third kappa shape index (κ3) is 3.67. The number of amides is 1. The predicted octanol–water partition coefficient (Wildman–Crippen LogP) is 2.05. The van der Waals surface area contributed by atoms with Crippen molar-refractivity contribution in [2.45, 2.75) is 19.3 Å². The molecule has 4 rings (SSSR count). The van der Waals surface area contributed by atoms with Crippen LogP contribution in [0, 0.1) is 5.92 Å². The number of carbonyl (C=O) groups excluding carboxylic acids is 1. The molecule has 7 heteroatoms. The molecule has 1 N–H and O–H groups in total. The van der Waals surface area contributed by atoms with Crippen LogP contribution in [0.1, 0.15) is 29.0 Å². The molecule has 1 saturated heterocycles. The Morgan fingerprint density at radius 1 is 1.11 bits per heavy atom. The second-order valence-electron chi connectivity index (χ2n) is 6.81. The molecular formula is C20H21N5O2. The number of carbonyl (C=O) groups is 1. The molecule has 27 heavy (non-hydrogen) atoms. The zero-order valence-electron chi connectivity index (χ0n) is 14.9. The molecule has 1 aliphatic rings. The van der Waals surface area contributed by atoms with Crippen molar-refractivity contribution in [3.63, 3.8) is 0 Å². The molecule has 2 aromatic heterocycles. The van der Waals surface area contributed by atoms with E-state index in [-0.39, 0.29) is 17.0 Å². The molecule has 7 nitrogen and oxygen atoms in total. The number of nitrogens with zero attached hydrogens (tertiary/aromatic N) is 4. The monoisotopic (exact) mass is 363 g/mol. The lowest BCUT2D eigenvalue weighted by Crippen LogP contribution is -2.41. The average Bonchev–Trinajstić information content (AvgIpc) is 3.17. The number of hydrogen-bond donors (Lipinski definition) is 1. The van der Waals surface area contributed by atoms with Gasteiger partial charge >= 0.3 is 0 Å². The summed E-state index contributed by atoms with van der Waals surface area (Å²) in [5.74, 6) is 1.18. The number of benzene rings is 1. The Bertz CT molecular complexity index is 971. The van der Waals surface area contributed by atoms with Gasteiger partial charge in [0.2, 0.25) is 0 Å². The molecule has 0 unspecified atom stereocenters. The molecule has 1 fully saturated rings. The molecule has 3 heterocycles. The maximum atomic E-state index is 12.6. The van der Waals surface area contributed by atoms with Crippen LogP contribution in [0.4, 0.5) is 0 Å². The van der Waals surface area contributed by atoms with Crippen LogP contribution in [0.3, 0.4) is 0 Å². The predicted molar refractivity (Wildman–Crippen MR) is 101 cm³/mol. The second kappa shape index (κ2) is 7.57. The number of aromatic nitrogens is 4. The Hall–Kier alpha value is -3.22. The Balaban J connectivity index is 1.40. The third-order valence-corrected chi connectivity index (χ3v) is 5.07. The van der Waals surface area contributed by atoms with E-state index in [0.29, 0.717) is 19.0 Å². The number of para-hydroxylation sites is 1. The molecule has 1 amide bonds. The van der Waals surface area contributed by atoms with Crippen molar-refractivity contribution in [2.24, 2.45) is 5.92 Å². The van der Waals surface area contributed by atoms with E-state index in [0.717, 1.165) is 30.8 Å². The summed E-state index contributed by atoms with van der Waals surface area (Å²) in [6.45, 7) is 1.30. The maximum Gasteiger partial charge on any atom is 0.260 e. The van der Waals surface area contributed by atoms with E-state index in [2.05, 4.69) is 15.2 Å². The van der Waals surface area contributed by atoms with Gasteiger partial charge in [0, 0.05) is 31.4 Å². The summed E-state index contributed by atoms with van der Waals surface area (Å²) in [6, 6.07) is 13.3. The lowest BCUT2D eigenvalue weighted by atomic mass is 9.93. The lowest BCUT2D eigenvalue weighted by Gasteiger charge is -2.31. The Kier molecular flexibility index (Phi) is 4.82. The van der Waals surface area contributed by atoms with Crippen LogP contribution in [0.25, 0.3) is 5.69 Å². The van der Waals surface area contributed by atoms with Gasteiger partial charge in [-0.1, -0.05) is 18.2 Å². The van der Waals surface area contributed by atoms with Crippen molar-refractivity contribution < 1.29 is 4.79 Å². The van der Waals surface area contributed by atoms with Gasteiger partial charge in [0.25, 0.3) is 11.5 Å². The fourth-order valence-corrected chi connectivity index (χ4v) is 3.56. The maximum absolute atomic E-state index is 12.6. The number of rotatable bonds is 4. The van der Waals surface area contributed by atoms with E-state index in [1.54, 1.807) is 23.4 Å². The summed E-state index contributed by atoms with van der Waals surface area (Å²) in [4.78, 5) is 28.7. The summed E-state index contributed by atoms with van der Waals surface area (Å²) in [7, 11) is 0. The fraction of sp³-hybridized carbons (Fsp3) is 0.300. The van der Waals surface area contributed by atoms with Gasteiger partial charge in [-0.25, -0.2) is 0 Å². The highest BCUT2D eigenvalue weighted by molar-refractivity contribution is 5.93. The Labute approximate surface area is 156 Å². The topological polar surface area (TPSA) is 83.9 Å². The SMILES string of the molecule is O=C(c1ccc[nH]c1=O)N1CCC(Cc2nncn2-c2ccccc2)CC1. The van der Waals surface area contributed by atoms with E-state index in [4.69, 9.17) is 0 Å². The molecule has 0 aliphatic carbocycles. The van der Waals surface area contributed by atoms with Crippen LogP contribution in [-0.4, -0.2) is 43.6 Å².